The van der Waals surface area contributed by atoms with Crippen molar-refractivity contribution in [2.24, 2.45) is 11.7 Å². The molecule has 0 aliphatic carbocycles. The zero-order valence-electron chi connectivity index (χ0n) is 11.3. The van der Waals surface area contributed by atoms with Crippen LogP contribution in [-0.2, 0) is 11.2 Å². The van der Waals surface area contributed by atoms with Crippen LogP contribution in [0.15, 0.2) is 28.7 Å². The fraction of sp³-hybridized carbons (Fsp3) is 0.533. The average Bonchev–Trinajstić information content (AvgIpc) is 2.41. The number of nitrogens with zero attached hydrogens (tertiary/aromatic N) is 1. The van der Waals surface area contributed by atoms with Gasteiger partial charge in [-0.2, -0.15) is 0 Å². The Morgan fingerprint density at radius 2 is 2.26 bits per heavy atom. The minimum Gasteiger partial charge on any atom is -0.342 e. The van der Waals surface area contributed by atoms with Crippen molar-refractivity contribution in [3.8, 4) is 0 Å². The Bertz CT molecular complexity index is 448. The number of halogens is 1. The number of hydrogen-bond donors (Lipinski definition) is 1. The third-order valence-electron chi connectivity index (χ3n) is 3.85. The van der Waals surface area contributed by atoms with Gasteiger partial charge in [0.25, 0.3) is 0 Å². The Kier molecular flexibility index (Phi) is 4.99. The fourth-order valence-corrected chi connectivity index (χ4v) is 3.01. The first kappa shape index (κ1) is 14.5. The first-order chi connectivity index (χ1) is 9.08. The van der Waals surface area contributed by atoms with Crippen molar-refractivity contribution in [1.82, 2.24) is 4.90 Å². The molecule has 1 heterocycles. The maximum Gasteiger partial charge on any atom is 0.227 e. The highest BCUT2D eigenvalue weighted by atomic mass is 79.9. The van der Waals surface area contributed by atoms with E-state index < -0.39 is 0 Å². The lowest BCUT2D eigenvalue weighted by Crippen LogP contribution is -2.45. The van der Waals surface area contributed by atoms with Gasteiger partial charge in [0.05, 0.1) is 6.42 Å². The second kappa shape index (κ2) is 6.53. The zero-order valence-corrected chi connectivity index (χ0v) is 12.9. The molecule has 1 fully saturated rings. The Morgan fingerprint density at radius 1 is 1.53 bits per heavy atom. The van der Waals surface area contributed by atoms with Crippen LogP contribution in [0.3, 0.4) is 0 Å². The summed E-state index contributed by atoms with van der Waals surface area (Å²) in [5, 5.41) is 0. The normalized spacial score (nSPS) is 21.2. The van der Waals surface area contributed by atoms with Gasteiger partial charge in [0.1, 0.15) is 0 Å². The summed E-state index contributed by atoms with van der Waals surface area (Å²) in [6, 6.07) is 8.07. The lowest BCUT2D eigenvalue weighted by molar-refractivity contribution is -0.132. The summed E-state index contributed by atoms with van der Waals surface area (Å²) in [6.45, 7) is 3.71. The van der Waals surface area contributed by atoms with Gasteiger partial charge < -0.3 is 10.6 Å². The van der Waals surface area contributed by atoms with Crippen LogP contribution in [0.2, 0.25) is 0 Å². The largest absolute Gasteiger partial charge is 0.342 e. The summed E-state index contributed by atoms with van der Waals surface area (Å²) in [5.41, 5.74) is 7.01. The average molecular weight is 325 g/mol. The predicted octanol–water partition coefficient (Wildman–Crippen LogP) is 2.58. The summed E-state index contributed by atoms with van der Waals surface area (Å²) < 4.78 is 1.00. The van der Waals surface area contributed by atoms with Crippen LogP contribution in [0.4, 0.5) is 0 Å². The van der Waals surface area contributed by atoms with Crippen molar-refractivity contribution >= 4 is 21.8 Å². The molecule has 2 atom stereocenters. The number of carbonyl (C=O) groups excluding carboxylic acids is 1. The molecular weight excluding hydrogens is 304 g/mol. The van der Waals surface area contributed by atoms with E-state index in [1.165, 1.54) is 0 Å². The van der Waals surface area contributed by atoms with Crippen molar-refractivity contribution in [3.63, 3.8) is 0 Å². The zero-order chi connectivity index (χ0) is 13.8. The van der Waals surface area contributed by atoms with E-state index in [9.17, 15) is 4.79 Å². The Hall–Kier alpha value is -0.870. The molecule has 1 amide bonds. The lowest BCUT2D eigenvalue weighted by Gasteiger charge is -2.34. The quantitative estimate of drug-likeness (QED) is 0.928. The maximum absolute atomic E-state index is 12.4. The summed E-state index contributed by atoms with van der Waals surface area (Å²) in [7, 11) is 0. The fourth-order valence-electron chi connectivity index (χ4n) is 2.58. The topological polar surface area (TPSA) is 46.3 Å². The predicted molar refractivity (Wildman–Crippen MR) is 80.8 cm³/mol. The second-order valence-electron chi connectivity index (χ2n) is 5.37. The molecule has 3 nitrogen and oxygen atoms in total. The van der Waals surface area contributed by atoms with Crippen LogP contribution in [0.5, 0.6) is 0 Å². The number of amides is 1. The smallest absolute Gasteiger partial charge is 0.227 e. The number of piperidine rings is 1. The van der Waals surface area contributed by atoms with Crippen LogP contribution in [0.25, 0.3) is 0 Å². The molecule has 19 heavy (non-hydrogen) atoms. The number of benzene rings is 1. The number of nitrogens with two attached hydrogens (primary N) is 1. The Balaban J connectivity index is 1.98. The van der Waals surface area contributed by atoms with Gasteiger partial charge in [-0.25, -0.2) is 0 Å². The van der Waals surface area contributed by atoms with E-state index in [2.05, 4.69) is 15.9 Å². The molecule has 104 valence electrons. The SMILES string of the molecule is C[C@H](N)[C@@H]1CCCN(C(=O)Cc2ccccc2Br)C1. The summed E-state index contributed by atoms with van der Waals surface area (Å²) in [5.74, 6) is 0.647. The summed E-state index contributed by atoms with van der Waals surface area (Å²) in [4.78, 5) is 14.3. The lowest BCUT2D eigenvalue weighted by atomic mass is 9.92. The third kappa shape index (κ3) is 3.80. The number of likely N-dealkylation sites (tertiary alicyclic amines) is 1. The van der Waals surface area contributed by atoms with Gasteiger partial charge >= 0.3 is 0 Å². The molecular formula is C15H21BrN2O. The van der Waals surface area contributed by atoms with Gasteiger partial charge in [0.15, 0.2) is 0 Å². The highest BCUT2D eigenvalue weighted by Gasteiger charge is 2.25. The van der Waals surface area contributed by atoms with E-state index in [1.807, 2.05) is 36.1 Å². The molecule has 0 aromatic heterocycles. The second-order valence-corrected chi connectivity index (χ2v) is 6.22. The van der Waals surface area contributed by atoms with Crippen LogP contribution in [0, 0.1) is 5.92 Å². The van der Waals surface area contributed by atoms with Crippen LogP contribution < -0.4 is 5.73 Å². The van der Waals surface area contributed by atoms with Crippen molar-refractivity contribution in [1.29, 1.82) is 0 Å². The molecule has 1 aromatic carbocycles. The van der Waals surface area contributed by atoms with E-state index >= 15 is 0 Å². The molecule has 2 N–H and O–H groups in total. The molecule has 4 heteroatoms. The highest BCUT2D eigenvalue weighted by molar-refractivity contribution is 9.10. The van der Waals surface area contributed by atoms with Crippen LogP contribution in [0.1, 0.15) is 25.3 Å². The van der Waals surface area contributed by atoms with Gasteiger partial charge in [-0.3, -0.25) is 4.79 Å². The minimum absolute atomic E-state index is 0.166. The monoisotopic (exact) mass is 324 g/mol. The van der Waals surface area contributed by atoms with Crippen LogP contribution in [-0.4, -0.2) is 29.9 Å². The maximum atomic E-state index is 12.4. The van der Waals surface area contributed by atoms with E-state index in [4.69, 9.17) is 5.73 Å². The van der Waals surface area contributed by atoms with E-state index in [1.54, 1.807) is 0 Å². The van der Waals surface area contributed by atoms with E-state index in [-0.39, 0.29) is 11.9 Å². The number of hydrogen-bond acceptors (Lipinski definition) is 2. The Labute approximate surface area is 123 Å². The molecule has 0 spiro atoms. The molecule has 0 bridgehead atoms. The van der Waals surface area contributed by atoms with Crippen molar-refractivity contribution in [2.75, 3.05) is 13.1 Å². The van der Waals surface area contributed by atoms with Crippen molar-refractivity contribution in [2.45, 2.75) is 32.2 Å². The first-order valence-corrected chi connectivity index (χ1v) is 7.64. The van der Waals surface area contributed by atoms with Gasteiger partial charge in [-0.15, -0.1) is 0 Å². The van der Waals surface area contributed by atoms with Gasteiger partial charge in [-0.05, 0) is 37.3 Å². The third-order valence-corrected chi connectivity index (χ3v) is 4.63. The molecule has 2 rings (SSSR count). The summed E-state index contributed by atoms with van der Waals surface area (Å²) in [6.07, 6.45) is 2.66. The number of carbonyl (C=O) groups is 1. The minimum atomic E-state index is 0.166. The van der Waals surface area contributed by atoms with E-state index in [0.717, 1.165) is 36.0 Å². The van der Waals surface area contributed by atoms with Crippen molar-refractivity contribution < 1.29 is 4.79 Å². The van der Waals surface area contributed by atoms with Crippen LogP contribution >= 0.6 is 15.9 Å². The molecule has 0 radical (unpaired) electrons. The van der Waals surface area contributed by atoms with E-state index in [0.29, 0.717) is 12.3 Å². The first-order valence-electron chi connectivity index (χ1n) is 6.84. The standard InChI is InChI=1S/C15H21BrN2O/c1-11(17)13-6-4-8-18(10-13)15(19)9-12-5-2-3-7-14(12)16/h2-3,5,7,11,13H,4,6,8-10,17H2,1H3/t11-,13+/m0/s1. The van der Waals surface area contributed by atoms with Gasteiger partial charge in [-0.1, -0.05) is 34.1 Å². The van der Waals surface area contributed by atoms with Gasteiger partial charge in [0.2, 0.25) is 5.91 Å². The number of rotatable bonds is 3. The highest BCUT2D eigenvalue weighted by Crippen LogP contribution is 2.21. The molecule has 0 saturated carbocycles. The van der Waals surface area contributed by atoms with Crippen molar-refractivity contribution in [3.05, 3.63) is 34.3 Å². The molecule has 1 aliphatic rings. The summed E-state index contributed by atoms with van der Waals surface area (Å²) >= 11 is 3.49. The molecule has 0 unspecified atom stereocenters. The molecule has 1 saturated heterocycles. The molecule has 1 aromatic rings. The molecule has 1 aliphatic heterocycles. The van der Waals surface area contributed by atoms with Gasteiger partial charge in [0, 0.05) is 23.6 Å². The Morgan fingerprint density at radius 3 is 2.95 bits per heavy atom.